The molecular weight excluding hydrogens is 326 g/mol. The number of carbonyl (C=O) groups is 1. The minimum Gasteiger partial charge on any atom is -0.463 e. The Morgan fingerprint density at radius 2 is 2.15 bits per heavy atom. The third kappa shape index (κ3) is 5.43. The number of pyridine rings is 1. The van der Waals surface area contributed by atoms with Crippen molar-refractivity contribution in [2.24, 2.45) is 0 Å². The van der Waals surface area contributed by atoms with Crippen LogP contribution in [0.4, 0.5) is 5.82 Å². The predicted molar refractivity (Wildman–Crippen MR) is 104 cm³/mol. The molecule has 1 atom stereocenters. The van der Waals surface area contributed by atoms with Crippen molar-refractivity contribution in [1.82, 2.24) is 9.88 Å². The van der Waals surface area contributed by atoms with E-state index in [9.17, 15) is 4.79 Å². The zero-order valence-electron chi connectivity index (χ0n) is 15.1. The monoisotopic (exact) mass is 351 g/mol. The summed E-state index contributed by atoms with van der Waals surface area (Å²) in [6, 6.07) is 14.9. The Morgan fingerprint density at radius 1 is 1.31 bits per heavy atom. The molecule has 2 aromatic rings. The fraction of sp³-hybridized carbons (Fsp3) is 0.333. The fourth-order valence-corrected chi connectivity index (χ4v) is 3.09. The van der Waals surface area contributed by atoms with Crippen molar-refractivity contribution in [3.8, 4) is 0 Å². The molecule has 1 saturated heterocycles. The molecule has 0 spiro atoms. The van der Waals surface area contributed by atoms with Gasteiger partial charge in [-0.3, -0.25) is 4.90 Å². The minimum absolute atomic E-state index is 0.334. The molecule has 1 aromatic carbocycles. The molecular formula is C21H25N3O2. The lowest BCUT2D eigenvalue weighted by Gasteiger charge is -2.17. The van der Waals surface area contributed by atoms with Gasteiger partial charge in [0.2, 0.25) is 0 Å². The normalized spacial score (nSPS) is 17.5. The number of hydrogen-bond acceptors (Lipinski definition) is 5. The first-order valence-electron chi connectivity index (χ1n) is 9.06. The van der Waals surface area contributed by atoms with Crippen LogP contribution in [0.1, 0.15) is 24.5 Å². The van der Waals surface area contributed by atoms with Crippen molar-refractivity contribution >= 4 is 17.9 Å². The summed E-state index contributed by atoms with van der Waals surface area (Å²) in [6.07, 6.45) is 6.01. The SMILES string of the molecule is CCOC(=O)C=Cc1ccc(NC2CCN(Cc3ccccc3)C2)nc1. The molecule has 1 fully saturated rings. The Hall–Kier alpha value is -2.66. The molecule has 3 rings (SSSR count). The molecule has 0 bridgehead atoms. The number of likely N-dealkylation sites (tertiary alicyclic amines) is 1. The van der Waals surface area contributed by atoms with Gasteiger partial charge in [0.05, 0.1) is 6.61 Å². The number of benzene rings is 1. The molecule has 5 nitrogen and oxygen atoms in total. The highest BCUT2D eigenvalue weighted by atomic mass is 16.5. The van der Waals surface area contributed by atoms with E-state index in [4.69, 9.17) is 4.74 Å². The highest BCUT2D eigenvalue weighted by molar-refractivity contribution is 5.86. The Balaban J connectivity index is 1.48. The molecule has 0 amide bonds. The van der Waals surface area contributed by atoms with Crippen molar-refractivity contribution in [1.29, 1.82) is 0 Å². The third-order valence-electron chi connectivity index (χ3n) is 4.36. The van der Waals surface area contributed by atoms with E-state index in [-0.39, 0.29) is 5.97 Å². The van der Waals surface area contributed by atoms with E-state index in [2.05, 4.69) is 45.5 Å². The number of nitrogens with one attached hydrogen (secondary N) is 1. The van der Waals surface area contributed by atoms with Gasteiger partial charge in [-0.05, 0) is 42.7 Å². The summed E-state index contributed by atoms with van der Waals surface area (Å²) in [4.78, 5) is 18.2. The van der Waals surface area contributed by atoms with Crippen LogP contribution in [0.15, 0.2) is 54.7 Å². The van der Waals surface area contributed by atoms with E-state index in [0.29, 0.717) is 12.6 Å². The number of rotatable bonds is 7. The Kier molecular flexibility index (Phi) is 6.39. The average molecular weight is 351 g/mol. The molecule has 136 valence electrons. The van der Waals surface area contributed by atoms with Crippen molar-refractivity contribution in [2.45, 2.75) is 25.9 Å². The van der Waals surface area contributed by atoms with E-state index in [0.717, 1.165) is 37.4 Å². The van der Waals surface area contributed by atoms with Crippen LogP contribution in [0.2, 0.25) is 0 Å². The lowest BCUT2D eigenvalue weighted by molar-refractivity contribution is -0.137. The molecule has 5 heteroatoms. The quantitative estimate of drug-likeness (QED) is 0.612. The topological polar surface area (TPSA) is 54.5 Å². The molecule has 1 aliphatic heterocycles. The lowest BCUT2D eigenvalue weighted by atomic mass is 10.2. The van der Waals surface area contributed by atoms with Crippen LogP contribution < -0.4 is 5.32 Å². The second kappa shape index (κ2) is 9.15. The number of anilines is 1. The van der Waals surface area contributed by atoms with Gasteiger partial charge in [0.15, 0.2) is 0 Å². The Bertz CT molecular complexity index is 729. The Morgan fingerprint density at radius 3 is 2.88 bits per heavy atom. The number of carbonyl (C=O) groups excluding carboxylic acids is 1. The lowest BCUT2D eigenvalue weighted by Crippen LogP contribution is -2.26. The number of ether oxygens (including phenoxy) is 1. The van der Waals surface area contributed by atoms with Crippen LogP contribution in [-0.4, -0.2) is 41.6 Å². The highest BCUT2D eigenvalue weighted by Crippen LogP contribution is 2.17. The van der Waals surface area contributed by atoms with Crippen LogP contribution in [0.3, 0.4) is 0 Å². The molecule has 0 aliphatic carbocycles. The molecule has 1 aromatic heterocycles. The van der Waals surface area contributed by atoms with Gasteiger partial charge in [0.1, 0.15) is 5.82 Å². The molecule has 2 heterocycles. The minimum atomic E-state index is -0.334. The number of aromatic nitrogens is 1. The second-order valence-electron chi connectivity index (χ2n) is 6.41. The number of esters is 1. The van der Waals surface area contributed by atoms with Gasteiger partial charge >= 0.3 is 5.97 Å². The third-order valence-corrected chi connectivity index (χ3v) is 4.36. The van der Waals surface area contributed by atoms with Gasteiger partial charge in [-0.15, -0.1) is 0 Å². The predicted octanol–water partition coefficient (Wildman–Crippen LogP) is 3.34. The largest absolute Gasteiger partial charge is 0.463 e. The number of nitrogens with zero attached hydrogens (tertiary/aromatic N) is 2. The summed E-state index contributed by atoms with van der Waals surface area (Å²) in [7, 11) is 0. The second-order valence-corrected chi connectivity index (χ2v) is 6.41. The van der Waals surface area contributed by atoms with Crippen LogP contribution >= 0.6 is 0 Å². The Labute approximate surface area is 154 Å². The van der Waals surface area contributed by atoms with Crippen molar-refractivity contribution < 1.29 is 9.53 Å². The summed E-state index contributed by atoms with van der Waals surface area (Å²) < 4.78 is 4.87. The van der Waals surface area contributed by atoms with Crippen LogP contribution in [0, 0.1) is 0 Å². The van der Waals surface area contributed by atoms with Crippen LogP contribution in [0.5, 0.6) is 0 Å². The zero-order chi connectivity index (χ0) is 18.2. The smallest absolute Gasteiger partial charge is 0.330 e. The maximum absolute atomic E-state index is 11.3. The van der Waals surface area contributed by atoms with Crippen LogP contribution in [-0.2, 0) is 16.1 Å². The maximum atomic E-state index is 11.3. The van der Waals surface area contributed by atoms with Crippen LogP contribution in [0.25, 0.3) is 6.08 Å². The van der Waals surface area contributed by atoms with Crippen molar-refractivity contribution in [3.05, 3.63) is 65.9 Å². The van der Waals surface area contributed by atoms with Gasteiger partial charge in [-0.2, -0.15) is 0 Å². The summed E-state index contributed by atoms with van der Waals surface area (Å²) in [5, 5.41) is 3.50. The highest BCUT2D eigenvalue weighted by Gasteiger charge is 2.22. The fourth-order valence-electron chi connectivity index (χ4n) is 3.09. The van der Waals surface area contributed by atoms with E-state index in [1.165, 1.54) is 11.6 Å². The van der Waals surface area contributed by atoms with Gasteiger partial charge in [-0.25, -0.2) is 9.78 Å². The molecule has 0 radical (unpaired) electrons. The molecule has 26 heavy (non-hydrogen) atoms. The summed E-state index contributed by atoms with van der Waals surface area (Å²) in [5.74, 6) is 0.531. The standard InChI is InChI=1S/C21H25N3O2/c1-2-26-21(25)11-9-17-8-10-20(22-14-17)23-19-12-13-24(16-19)15-18-6-4-3-5-7-18/h3-11,14,19H,2,12-13,15-16H2,1H3,(H,22,23). The molecule has 1 aliphatic rings. The van der Waals surface area contributed by atoms with Gasteiger partial charge in [-0.1, -0.05) is 30.3 Å². The van der Waals surface area contributed by atoms with E-state index >= 15 is 0 Å². The number of hydrogen-bond donors (Lipinski definition) is 1. The van der Waals surface area contributed by atoms with E-state index in [1.807, 2.05) is 12.1 Å². The average Bonchev–Trinajstić information content (AvgIpc) is 3.09. The zero-order valence-corrected chi connectivity index (χ0v) is 15.1. The maximum Gasteiger partial charge on any atom is 0.330 e. The van der Waals surface area contributed by atoms with Gasteiger partial charge in [0.25, 0.3) is 0 Å². The van der Waals surface area contributed by atoms with E-state index in [1.54, 1.807) is 19.2 Å². The van der Waals surface area contributed by atoms with Gasteiger partial charge < -0.3 is 10.1 Å². The summed E-state index contributed by atoms with van der Waals surface area (Å²) in [6.45, 7) is 5.27. The molecule has 1 unspecified atom stereocenters. The molecule has 1 N–H and O–H groups in total. The first-order valence-corrected chi connectivity index (χ1v) is 9.06. The first kappa shape index (κ1) is 18.1. The summed E-state index contributed by atoms with van der Waals surface area (Å²) >= 11 is 0. The first-order chi connectivity index (χ1) is 12.7. The summed E-state index contributed by atoms with van der Waals surface area (Å²) in [5.41, 5.74) is 2.23. The van der Waals surface area contributed by atoms with Crippen molar-refractivity contribution in [2.75, 3.05) is 25.0 Å². The molecule has 0 saturated carbocycles. The van der Waals surface area contributed by atoms with E-state index < -0.39 is 0 Å². The van der Waals surface area contributed by atoms with Crippen molar-refractivity contribution in [3.63, 3.8) is 0 Å². The van der Waals surface area contributed by atoms with Gasteiger partial charge in [0, 0.05) is 37.9 Å².